The molecule has 0 aromatic rings. The molecule has 28 heavy (non-hydrogen) atoms. The van der Waals surface area contributed by atoms with E-state index in [1.54, 1.807) is 0 Å². The third kappa shape index (κ3) is 4.91. The van der Waals surface area contributed by atoms with Gasteiger partial charge in [-0.2, -0.15) is 0 Å². The van der Waals surface area contributed by atoms with E-state index in [-0.39, 0.29) is 55.5 Å². The van der Waals surface area contributed by atoms with Crippen LogP contribution in [0.5, 0.6) is 0 Å². The molecular weight excluding hydrogens is 368 g/mol. The zero-order valence-corrected chi connectivity index (χ0v) is 16.0. The Morgan fingerprint density at radius 2 is 1.75 bits per heavy atom. The number of esters is 4. The molecule has 2 aliphatic heterocycles. The van der Waals surface area contributed by atoms with Gasteiger partial charge in [-0.1, -0.05) is 6.58 Å². The Balaban J connectivity index is 1.37. The highest BCUT2D eigenvalue weighted by molar-refractivity contribution is 5.86. The molecule has 0 N–H and O–H groups in total. The van der Waals surface area contributed by atoms with Crippen LogP contribution in [0, 0.1) is 17.8 Å². The molecule has 4 rings (SSSR count). The van der Waals surface area contributed by atoms with Crippen molar-refractivity contribution < 1.29 is 38.1 Å². The van der Waals surface area contributed by atoms with Crippen LogP contribution in [0.15, 0.2) is 12.2 Å². The SMILES string of the molecule is C=C(C)C(=O)OCCOC(=O)CCC(=O)OC1C2CC3CC(C2)C(=O)OC1C3. The van der Waals surface area contributed by atoms with Crippen molar-refractivity contribution in [1.29, 1.82) is 0 Å². The lowest BCUT2D eigenvalue weighted by molar-refractivity contribution is -0.173. The van der Waals surface area contributed by atoms with Gasteiger partial charge in [-0.05, 0) is 38.5 Å². The molecule has 0 aromatic carbocycles. The highest BCUT2D eigenvalue weighted by atomic mass is 16.6. The number of hydrogen-bond acceptors (Lipinski definition) is 8. The van der Waals surface area contributed by atoms with Crippen molar-refractivity contribution in [3.05, 3.63) is 12.2 Å². The van der Waals surface area contributed by atoms with Gasteiger partial charge in [0.15, 0.2) is 0 Å². The van der Waals surface area contributed by atoms with Crippen molar-refractivity contribution in [1.82, 2.24) is 0 Å². The largest absolute Gasteiger partial charge is 0.462 e. The summed E-state index contributed by atoms with van der Waals surface area (Å²) >= 11 is 0. The summed E-state index contributed by atoms with van der Waals surface area (Å²) in [7, 11) is 0. The number of ether oxygens (including phenoxy) is 4. The summed E-state index contributed by atoms with van der Waals surface area (Å²) in [5, 5.41) is 0. The number of hydrogen-bond donors (Lipinski definition) is 0. The number of carbonyl (C=O) groups is 4. The standard InChI is InChI=1S/C20H26O8/c1-11(2)19(23)26-6-5-25-16(21)3-4-17(22)28-18-13-7-12-8-14(10-13)20(24)27-15(18)9-12/h12-15,18H,1,3-10H2,2H3. The fourth-order valence-corrected chi connectivity index (χ4v) is 4.34. The summed E-state index contributed by atoms with van der Waals surface area (Å²) in [6.07, 6.45) is 2.24. The summed E-state index contributed by atoms with van der Waals surface area (Å²) in [6, 6.07) is 0. The summed E-state index contributed by atoms with van der Waals surface area (Å²) in [5.41, 5.74) is 0.264. The fraction of sp³-hybridized carbons (Fsp3) is 0.700. The van der Waals surface area contributed by atoms with Crippen LogP contribution < -0.4 is 0 Å². The molecule has 8 nitrogen and oxygen atoms in total. The van der Waals surface area contributed by atoms with Crippen LogP contribution in [0.2, 0.25) is 0 Å². The average molecular weight is 394 g/mol. The zero-order chi connectivity index (χ0) is 20.3. The minimum Gasteiger partial charge on any atom is -0.462 e. The molecule has 0 amide bonds. The molecule has 8 heteroatoms. The van der Waals surface area contributed by atoms with Crippen molar-refractivity contribution >= 4 is 23.9 Å². The highest BCUT2D eigenvalue weighted by Crippen LogP contribution is 2.48. The topological polar surface area (TPSA) is 105 Å². The van der Waals surface area contributed by atoms with Gasteiger partial charge < -0.3 is 18.9 Å². The first-order chi connectivity index (χ1) is 13.3. The molecule has 5 unspecified atom stereocenters. The number of fused-ring (bicyclic) bond motifs is 1. The molecule has 2 saturated carbocycles. The van der Waals surface area contributed by atoms with Crippen molar-refractivity contribution in [2.45, 2.75) is 57.7 Å². The van der Waals surface area contributed by atoms with Gasteiger partial charge in [0, 0.05) is 11.5 Å². The Morgan fingerprint density at radius 3 is 2.50 bits per heavy atom. The lowest BCUT2D eigenvalue weighted by atomic mass is 9.67. The molecule has 0 aromatic heterocycles. The molecule has 2 saturated heterocycles. The Labute approximate surface area is 163 Å². The second kappa shape index (κ2) is 8.75. The van der Waals surface area contributed by atoms with Gasteiger partial charge in [0.05, 0.1) is 18.8 Å². The van der Waals surface area contributed by atoms with Crippen molar-refractivity contribution in [2.75, 3.05) is 13.2 Å². The summed E-state index contributed by atoms with van der Waals surface area (Å²) in [6.45, 7) is 4.81. The molecule has 2 heterocycles. The van der Waals surface area contributed by atoms with E-state index in [1.807, 2.05) is 0 Å². The van der Waals surface area contributed by atoms with E-state index in [1.165, 1.54) is 6.92 Å². The average Bonchev–Trinajstić information content (AvgIpc) is 2.81. The number of carbonyl (C=O) groups excluding carboxylic acids is 4. The monoisotopic (exact) mass is 394 g/mol. The first kappa shape index (κ1) is 20.4. The van der Waals surface area contributed by atoms with E-state index in [4.69, 9.17) is 18.9 Å². The van der Waals surface area contributed by atoms with Gasteiger partial charge in [0.2, 0.25) is 0 Å². The van der Waals surface area contributed by atoms with Gasteiger partial charge in [0.25, 0.3) is 0 Å². The second-order valence-corrected chi connectivity index (χ2v) is 7.83. The third-order valence-electron chi connectivity index (χ3n) is 5.57. The maximum atomic E-state index is 12.2. The number of rotatable bonds is 8. The summed E-state index contributed by atoms with van der Waals surface area (Å²) < 4.78 is 20.8. The predicted octanol–water partition coefficient (Wildman–Crippen LogP) is 1.70. The Bertz CT molecular complexity index is 669. The van der Waals surface area contributed by atoms with E-state index in [9.17, 15) is 19.2 Å². The molecule has 2 aliphatic carbocycles. The fourth-order valence-electron chi connectivity index (χ4n) is 4.34. The van der Waals surface area contributed by atoms with E-state index in [0.29, 0.717) is 12.3 Å². The van der Waals surface area contributed by atoms with E-state index < -0.39 is 24.0 Å². The van der Waals surface area contributed by atoms with Crippen LogP contribution in [0.4, 0.5) is 0 Å². The van der Waals surface area contributed by atoms with E-state index >= 15 is 0 Å². The molecular formula is C20H26O8. The van der Waals surface area contributed by atoms with Crippen molar-refractivity contribution in [2.24, 2.45) is 17.8 Å². The summed E-state index contributed by atoms with van der Waals surface area (Å²) in [5.74, 6) is -1.27. The van der Waals surface area contributed by atoms with Crippen molar-refractivity contribution in [3.8, 4) is 0 Å². The van der Waals surface area contributed by atoms with Gasteiger partial charge in [0.1, 0.15) is 25.4 Å². The highest BCUT2D eigenvalue weighted by Gasteiger charge is 2.51. The van der Waals surface area contributed by atoms with Crippen LogP contribution in [0.1, 0.15) is 45.4 Å². The second-order valence-electron chi connectivity index (χ2n) is 7.83. The van der Waals surface area contributed by atoms with Gasteiger partial charge in [-0.3, -0.25) is 14.4 Å². The molecule has 4 fully saturated rings. The zero-order valence-electron chi connectivity index (χ0n) is 16.0. The smallest absolute Gasteiger partial charge is 0.333 e. The molecule has 154 valence electrons. The Morgan fingerprint density at radius 1 is 1.04 bits per heavy atom. The van der Waals surface area contributed by atoms with Crippen LogP contribution in [0.3, 0.4) is 0 Å². The van der Waals surface area contributed by atoms with Crippen LogP contribution in [-0.4, -0.2) is 49.3 Å². The maximum Gasteiger partial charge on any atom is 0.333 e. The Kier molecular flexibility index (Phi) is 6.36. The Hall–Kier alpha value is -2.38. The van der Waals surface area contributed by atoms with Gasteiger partial charge in [-0.15, -0.1) is 0 Å². The quantitative estimate of drug-likeness (QED) is 0.265. The van der Waals surface area contributed by atoms with Gasteiger partial charge >= 0.3 is 23.9 Å². The first-order valence-corrected chi connectivity index (χ1v) is 9.71. The van der Waals surface area contributed by atoms with Crippen LogP contribution in [-0.2, 0) is 38.1 Å². The third-order valence-corrected chi connectivity index (χ3v) is 5.57. The summed E-state index contributed by atoms with van der Waals surface area (Å²) in [4.78, 5) is 47.1. The van der Waals surface area contributed by atoms with Crippen molar-refractivity contribution in [3.63, 3.8) is 0 Å². The molecule has 4 aliphatic rings. The first-order valence-electron chi connectivity index (χ1n) is 9.71. The lowest BCUT2D eigenvalue weighted by Crippen LogP contribution is -2.45. The molecule has 0 spiro atoms. The predicted molar refractivity (Wildman–Crippen MR) is 94.7 cm³/mol. The van der Waals surface area contributed by atoms with E-state index in [0.717, 1.165) is 19.3 Å². The minimum absolute atomic E-state index is 0.0684. The lowest BCUT2D eigenvalue weighted by Gasteiger charge is -2.41. The normalized spacial score (nSPS) is 30.2. The van der Waals surface area contributed by atoms with Crippen LogP contribution in [0.25, 0.3) is 0 Å². The maximum absolute atomic E-state index is 12.2. The van der Waals surface area contributed by atoms with Crippen LogP contribution >= 0.6 is 0 Å². The molecule has 4 bridgehead atoms. The van der Waals surface area contributed by atoms with E-state index in [2.05, 4.69) is 6.58 Å². The molecule has 0 radical (unpaired) electrons. The van der Waals surface area contributed by atoms with Gasteiger partial charge in [-0.25, -0.2) is 4.79 Å². The molecule has 5 atom stereocenters. The minimum atomic E-state index is -0.572.